The zero-order chi connectivity index (χ0) is 49.4. The summed E-state index contributed by atoms with van der Waals surface area (Å²) < 4.78 is 69.6. The molecule has 3 amide bonds. The quantitative estimate of drug-likeness (QED) is 0.101. The molecule has 70 heavy (non-hydrogen) atoms. The average molecular weight is 1030 g/mol. The van der Waals surface area contributed by atoms with Crippen LogP contribution in [0.1, 0.15) is 79.3 Å². The molecule has 0 saturated heterocycles. The lowest BCUT2D eigenvalue weighted by atomic mass is 10.0. The molecule has 0 aliphatic heterocycles. The van der Waals surface area contributed by atoms with Gasteiger partial charge in [0.05, 0.1) is 27.5 Å². The highest BCUT2D eigenvalue weighted by atomic mass is 35.5. The van der Waals surface area contributed by atoms with E-state index in [1.54, 1.807) is 48.0 Å². The summed E-state index contributed by atoms with van der Waals surface area (Å²) in [7, 11) is 3.56. The number of nitrogens with two attached hydrogens (primary N) is 1. The predicted molar refractivity (Wildman–Crippen MR) is 253 cm³/mol. The van der Waals surface area contributed by atoms with Gasteiger partial charge in [-0.25, -0.2) is 36.7 Å². The van der Waals surface area contributed by atoms with Crippen molar-refractivity contribution in [3.05, 3.63) is 182 Å². The van der Waals surface area contributed by atoms with Gasteiger partial charge < -0.3 is 31.2 Å². The molecule has 0 radical (unpaired) electrons. The number of aromatic nitrogens is 6. The average Bonchev–Trinajstić information content (AvgIpc) is 4.19. The Kier molecular flexibility index (Phi) is 17.4. The van der Waals surface area contributed by atoms with Gasteiger partial charge in [0.25, 0.3) is 11.8 Å². The first-order valence-corrected chi connectivity index (χ1v) is 21.8. The Morgan fingerprint density at radius 3 is 1.69 bits per heavy atom. The molecule has 0 fully saturated rings. The minimum atomic E-state index is -0.705. The summed E-state index contributed by atoms with van der Waals surface area (Å²) >= 11 is 11.4. The number of halogens is 7. The van der Waals surface area contributed by atoms with Gasteiger partial charge in [0.2, 0.25) is 0 Å². The van der Waals surface area contributed by atoms with Crippen molar-refractivity contribution in [2.75, 3.05) is 10.6 Å². The van der Waals surface area contributed by atoms with Gasteiger partial charge in [-0.05, 0) is 110 Å². The van der Waals surface area contributed by atoms with Gasteiger partial charge in [-0.3, -0.25) is 19.0 Å². The van der Waals surface area contributed by atoms with Crippen LogP contribution in [0.3, 0.4) is 0 Å². The highest BCUT2D eigenvalue weighted by Gasteiger charge is 2.32. The molecule has 366 valence electrons. The molecule has 16 nitrogen and oxygen atoms in total. The Bertz CT molecular complexity index is 3030. The second kappa shape index (κ2) is 23.4. The van der Waals surface area contributed by atoms with Crippen LogP contribution in [0.4, 0.5) is 38.5 Å². The molecule has 5 N–H and O–H groups in total. The third-order valence-electron chi connectivity index (χ3n) is 10.8. The number of nitrogens with one attached hydrogen (secondary N) is 3. The molecule has 2 atom stereocenters. The van der Waals surface area contributed by atoms with E-state index < -0.39 is 47.5 Å². The van der Waals surface area contributed by atoms with E-state index in [9.17, 15) is 36.7 Å². The third-order valence-corrected chi connectivity index (χ3v) is 11.4. The van der Waals surface area contributed by atoms with Crippen LogP contribution in [0, 0.1) is 23.3 Å². The number of rotatable bonds is 9. The third kappa shape index (κ3) is 12.9. The molecule has 2 aliphatic rings. The SMILES string of the molecule is Cl.Cn1ccc(COC(=O)N[C@H]2CCc3c(C(=O)Nc4ccc(F)c(Cl)c4)ccc(F)c32)n1.Cn1ccc(COC(=O)n2ccnc2)n1.N[C@H]1CCc2c(C(=O)Nc3ccc(F)c(Cl)c3)ccc(F)c21. The molecule has 7 aromatic rings. The Labute approximate surface area is 413 Å². The summed E-state index contributed by atoms with van der Waals surface area (Å²) in [5.41, 5.74) is 10.3. The first-order chi connectivity index (χ1) is 33.0. The van der Waals surface area contributed by atoms with Crippen LogP contribution in [0.2, 0.25) is 10.0 Å². The first kappa shape index (κ1) is 52.1. The maximum atomic E-state index is 14.6. The standard InChI is InChI=1S/C22H19ClF2N4O3.C16H13ClF2N2O.C9H10N4O2.ClH/c1-29-9-8-13(28-29)11-32-22(31)27-19-7-4-14-15(3-6-18(25)20(14)19)21(30)26-12-2-5-17(24)16(23)10-12;17-11-7-8(1-4-12(11)18)21-16(22)10-2-5-13(19)15-9(10)3-6-14(15)20;1-12-4-2-8(11-12)6-15-9(14)13-5-3-10-7-13;/h2-3,5-6,8-10,19H,4,7,11H2,1H3,(H,26,30)(H,27,31);1-2,4-5,7,14H,3,6,20H2,(H,21,22);2-5,7H,6H2,1H3;1H/t19-;14-;;/m00../s1. The number of aryl methyl sites for hydroxylation is 2. The van der Waals surface area contributed by atoms with Crippen molar-refractivity contribution in [1.29, 1.82) is 0 Å². The van der Waals surface area contributed by atoms with Gasteiger partial charge in [-0.1, -0.05) is 23.2 Å². The van der Waals surface area contributed by atoms with Crippen molar-refractivity contribution in [1.82, 2.24) is 34.4 Å². The van der Waals surface area contributed by atoms with E-state index in [1.165, 1.54) is 77.9 Å². The van der Waals surface area contributed by atoms with E-state index in [4.69, 9.17) is 38.4 Å². The van der Waals surface area contributed by atoms with Crippen LogP contribution in [-0.2, 0) is 49.6 Å². The van der Waals surface area contributed by atoms with Crippen LogP contribution in [0.5, 0.6) is 0 Å². The number of alkyl carbamates (subject to hydrolysis) is 1. The van der Waals surface area contributed by atoms with E-state index >= 15 is 0 Å². The minimum absolute atomic E-state index is 0. The summed E-state index contributed by atoms with van der Waals surface area (Å²) in [6.45, 7) is 0.148. The van der Waals surface area contributed by atoms with Crippen LogP contribution in [0.15, 0.2) is 104 Å². The van der Waals surface area contributed by atoms with Crippen LogP contribution < -0.4 is 21.7 Å². The number of hydrogen-bond donors (Lipinski definition) is 4. The molecular weight excluding hydrogens is 983 g/mol. The Hall–Kier alpha value is -7.26. The number of nitrogens with zero attached hydrogens (tertiary/aromatic N) is 6. The Balaban J connectivity index is 0.000000183. The monoisotopic (exact) mass is 1020 g/mol. The number of amides is 3. The van der Waals surface area contributed by atoms with Gasteiger partial charge in [-0.2, -0.15) is 10.2 Å². The summed E-state index contributed by atoms with van der Waals surface area (Å²) in [6.07, 6.45) is 8.76. The van der Waals surface area contributed by atoms with Gasteiger partial charge in [0.1, 0.15) is 42.8 Å². The molecule has 0 unspecified atom stereocenters. The highest BCUT2D eigenvalue weighted by molar-refractivity contribution is 6.31. The molecule has 2 aliphatic carbocycles. The van der Waals surface area contributed by atoms with Crippen LogP contribution in [0.25, 0.3) is 0 Å². The normalized spacial score (nSPS) is 14.1. The number of anilines is 2. The molecule has 0 spiro atoms. The second-order valence-electron chi connectivity index (χ2n) is 15.6. The smallest absolute Gasteiger partial charge is 0.419 e. The van der Waals surface area contributed by atoms with Crippen molar-refractivity contribution in [2.24, 2.45) is 19.8 Å². The number of fused-ring (bicyclic) bond motifs is 2. The van der Waals surface area contributed by atoms with E-state index in [0.717, 1.165) is 6.07 Å². The maximum absolute atomic E-state index is 14.6. The van der Waals surface area contributed by atoms with Gasteiger partial charge in [0.15, 0.2) is 0 Å². The van der Waals surface area contributed by atoms with Crippen molar-refractivity contribution in [3.63, 3.8) is 0 Å². The zero-order valence-electron chi connectivity index (χ0n) is 37.1. The number of ether oxygens (including phenoxy) is 2. The lowest BCUT2D eigenvalue weighted by Gasteiger charge is -2.16. The first-order valence-electron chi connectivity index (χ1n) is 21.0. The lowest BCUT2D eigenvalue weighted by Crippen LogP contribution is -2.28. The van der Waals surface area contributed by atoms with E-state index in [0.29, 0.717) is 70.7 Å². The zero-order valence-corrected chi connectivity index (χ0v) is 39.4. The van der Waals surface area contributed by atoms with E-state index in [1.807, 2.05) is 0 Å². The lowest BCUT2D eigenvalue weighted by molar-refractivity contribution is 0.101. The Morgan fingerprint density at radius 1 is 0.686 bits per heavy atom. The molecule has 0 bridgehead atoms. The van der Waals surface area contributed by atoms with Crippen molar-refractivity contribution < 1.29 is 46.2 Å². The van der Waals surface area contributed by atoms with Crippen molar-refractivity contribution in [3.8, 4) is 0 Å². The van der Waals surface area contributed by atoms with Gasteiger partial charge in [0, 0.05) is 78.6 Å². The summed E-state index contributed by atoms with van der Waals surface area (Å²) in [5.74, 6) is -2.95. The number of carbonyl (C=O) groups excluding carboxylic acids is 4. The minimum Gasteiger partial charge on any atom is -0.443 e. The Morgan fingerprint density at radius 2 is 1.19 bits per heavy atom. The molecular formula is C47H43Cl3F4N10O6. The molecule has 4 aromatic carbocycles. The van der Waals surface area contributed by atoms with Gasteiger partial charge in [-0.15, -0.1) is 12.4 Å². The maximum Gasteiger partial charge on any atom is 0.419 e. The number of carbonyl (C=O) groups is 4. The number of benzene rings is 4. The van der Waals surface area contributed by atoms with Crippen LogP contribution >= 0.6 is 35.6 Å². The van der Waals surface area contributed by atoms with E-state index in [-0.39, 0.29) is 58.7 Å². The molecule has 9 rings (SSSR count). The predicted octanol–water partition coefficient (Wildman–Crippen LogP) is 9.56. The van der Waals surface area contributed by atoms with Crippen molar-refractivity contribution in [2.45, 2.75) is 51.0 Å². The van der Waals surface area contributed by atoms with E-state index in [2.05, 4.69) is 31.1 Å². The number of imidazole rings is 1. The van der Waals surface area contributed by atoms with Crippen molar-refractivity contribution >= 4 is 71.0 Å². The highest BCUT2D eigenvalue weighted by Crippen LogP contribution is 2.37. The summed E-state index contributed by atoms with van der Waals surface area (Å²) in [5, 5.41) is 15.9. The topological polar surface area (TPSA) is 202 Å². The fourth-order valence-electron chi connectivity index (χ4n) is 7.56. The number of hydrogen-bond acceptors (Lipinski definition) is 10. The fraction of sp³-hybridized carbons (Fsp3) is 0.213. The second-order valence-corrected chi connectivity index (χ2v) is 16.4. The fourth-order valence-corrected chi connectivity index (χ4v) is 7.92. The molecule has 0 saturated carbocycles. The summed E-state index contributed by atoms with van der Waals surface area (Å²) in [6, 6.07) is 15.5. The van der Waals surface area contributed by atoms with Crippen LogP contribution in [-0.4, -0.2) is 53.1 Å². The molecule has 3 aromatic heterocycles. The largest absolute Gasteiger partial charge is 0.443 e. The summed E-state index contributed by atoms with van der Waals surface area (Å²) in [4.78, 5) is 52.5. The van der Waals surface area contributed by atoms with Gasteiger partial charge >= 0.3 is 12.2 Å². The molecule has 3 heterocycles. The molecule has 23 heteroatoms.